The first-order chi connectivity index (χ1) is 25.2. The van der Waals surface area contributed by atoms with Gasteiger partial charge in [0.25, 0.3) is 6.01 Å². The van der Waals surface area contributed by atoms with E-state index in [0.29, 0.717) is 25.0 Å². The molecule has 8 nitrogen and oxygen atoms in total. The highest BCUT2D eigenvalue weighted by Crippen LogP contribution is 2.43. The number of ether oxygens (including phenoxy) is 1. The van der Waals surface area contributed by atoms with E-state index in [2.05, 4.69) is 114 Å². The van der Waals surface area contributed by atoms with Gasteiger partial charge in [-0.15, -0.1) is 5.10 Å². The number of aliphatic hydroxyl groups excluding tert-OH is 1. The van der Waals surface area contributed by atoms with Crippen molar-refractivity contribution in [2.24, 2.45) is 0 Å². The maximum atomic E-state index is 10.1. The van der Waals surface area contributed by atoms with Gasteiger partial charge >= 0.3 is 0 Å². The number of hydrogen-bond acceptors (Lipinski definition) is 6. The molecule has 0 fully saturated rings. The molecule has 0 saturated heterocycles. The van der Waals surface area contributed by atoms with Crippen molar-refractivity contribution in [2.75, 3.05) is 6.61 Å². The number of benzene rings is 6. The van der Waals surface area contributed by atoms with E-state index in [4.69, 9.17) is 20.0 Å². The van der Waals surface area contributed by atoms with Crippen LogP contribution in [0.1, 0.15) is 34.7 Å². The van der Waals surface area contributed by atoms with Gasteiger partial charge in [-0.2, -0.15) is 4.98 Å². The van der Waals surface area contributed by atoms with E-state index in [1.54, 1.807) is 0 Å². The lowest BCUT2D eigenvalue weighted by Gasteiger charge is -2.36. The van der Waals surface area contributed by atoms with E-state index >= 15 is 0 Å². The molecule has 0 saturated carbocycles. The zero-order valence-electron chi connectivity index (χ0n) is 28.2. The SMILES string of the molecule is CCOc1nc2cccc(CO)c2n1Cc1ccc(-c2ccccc2-c2nnnn2C(c2ccccc2)(c2ccccc2)c2ccccc2)cc1. The van der Waals surface area contributed by atoms with Gasteiger partial charge in [0.15, 0.2) is 5.82 Å². The molecule has 0 spiro atoms. The van der Waals surface area contributed by atoms with Crippen LogP contribution in [0.3, 0.4) is 0 Å². The van der Waals surface area contributed by atoms with Gasteiger partial charge in [-0.05, 0) is 56.8 Å². The van der Waals surface area contributed by atoms with Gasteiger partial charge in [-0.25, -0.2) is 4.68 Å². The third kappa shape index (κ3) is 5.65. The largest absolute Gasteiger partial charge is 0.465 e. The average molecular weight is 669 g/mol. The number of aromatic nitrogens is 6. The van der Waals surface area contributed by atoms with Crippen LogP contribution < -0.4 is 4.74 Å². The maximum Gasteiger partial charge on any atom is 0.297 e. The Kier molecular flexibility index (Phi) is 8.66. The summed E-state index contributed by atoms with van der Waals surface area (Å²) in [6.45, 7) is 2.90. The zero-order chi connectivity index (χ0) is 34.6. The number of para-hydroxylation sites is 1. The minimum atomic E-state index is -0.862. The Hall–Kier alpha value is -6.38. The molecule has 8 heteroatoms. The fourth-order valence-corrected chi connectivity index (χ4v) is 7.14. The van der Waals surface area contributed by atoms with Crippen molar-refractivity contribution in [2.45, 2.75) is 25.6 Å². The second-order valence-corrected chi connectivity index (χ2v) is 12.3. The van der Waals surface area contributed by atoms with Crippen LogP contribution in [-0.2, 0) is 18.7 Å². The Balaban J connectivity index is 1.24. The van der Waals surface area contributed by atoms with Crippen LogP contribution in [-0.4, -0.2) is 41.5 Å². The molecule has 0 bridgehead atoms. The van der Waals surface area contributed by atoms with E-state index in [0.717, 1.165) is 55.5 Å². The molecule has 0 atom stereocenters. The highest BCUT2D eigenvalue weighted by Gasteiger charge is 2.42. The molecular formula is C43H36N6O2. The summed E-state index contributed by atoms with van der Waals surface area (Å²) in [4.78, 5) is 4.71. The zero-order valence-corrected chi connectivity index (χ0v) is 28.2. The Labute approximate surface area is 296 Å². The van der Waals surface area contributed by atoms with Crippen LogP contribution in [0.2, 0.25) is 0 Å². The summed E-state index contributed by atoms with van der Waals surface area (Å²) in [5, 5.41) is 23.9. The summed E-state index contributed by atoms with van der Waals surface area (Å²) in [5.41, 5.74) is 8.78. The number of fused-ring (bicyclic) bond motifs is 1. The van der Waals surface area contributed by atoms with Crippen molar-refractivity contribution in [3.8, 4) is 28.5 Å². The quantitative estimate of drug-likeness (QED) is 0.140. The third-order valence-corrected chi connectivity index (χ3v) is 9.39. The molecule has 250 valence electrons. The van der Waals surface area contributed by atoms with Gasteiger partial charge in [-0.3, -0.25) is 4.57 Å². The summed E-state index contributed by atoms with van der Waals surface area (Å²) < 4.78 is 9.94. The van der Waals surface area contributed by atoms with Gasteiger partial charge in [0.1, 0.15) is 5.54 Å². The standard InChI is InChI=1S/C43H36N6O2/c1-2-51-42-44-39-24-14-15-33(30-50)40(39)48(42)29-31-25-27-32(28-26-31)37-22-12-13-23-38(37)41-45-46-47-49(41)43(34-16-6-3-7-17-34,35-18-8-4-9-19-35)36-20-10-5-11-21-36/h3-28,50H,2,29-30H2,1H3. The molecule has 1 N–H and O–H groups in total. The average Bonchev–Trinajstić information content (AvgIpc) is 3.82. The highest BCUT2D eigenvalue weighted by molar-refractivity contribution is 5.82. The van der Waals surface area contributed by atoms with Crippen molar-refractivity contribution in [3.63, 3.8) is 0 Å². The van der Waals surface area contributed by atoms with E-state index < -0.39 is 5.54 Å². The van der Waals surface area contributed by atoms with Crippen LogP contribution in [0.15, 0.2) is 158 Å². The van der Waals surface area contributed by atoms with Gasteiger partial charge in [-0.1, -0.05) is 152 Å². The van der Waals surface area contributed by atoms with Crippen LogP contribution in [0.4, 0.5) is 0 Å². The third-order valence-electron chi connectivity index (χ3n) is 9.39. The van der Waals surface area contributed by atoms with Gasteiger partial charge in [0.2, 0.25) is 0 Å². The lowest BCUT2D eigenvalue weighted by molar-refractivity contribution is 0.282. The molecule has 2 aromatic heterocycles. The lowest BCUT2D eigenvalue weighted by Crippen LogP contribution is -2.39. The summed E-state index contributed by atoms with van der Waals surface area (Å²) >= 11 is 0. The molecule has 51 heavy (non-hydrogen) atoms. The number of tetrazole rings is 1. The Morgan fingerprint density at radius 1 is 0.647 bits per heavy atom. The molecule has 6 aromatic carbocycles. The predicted molar refractivity (Wildman–Crippen MR) is 199 cm³/mol. The van der Waals surface area contributed by atoms with E-state index in [1.165, 1.54) is 0 Å². The van der Waals surface area contributed by atoms with Crippen molar-refractivity contribution < 1.29 is 9.84 Å². The minimum absolute atomic E-state index is 0.0795. The van der Waals surface area contributed by atoms with Crippen LogP contribution in [0.25, 0.3) is 33.5 Å². The molecule has 8 aromatic rings. The molecule has 0 aliphatic carbocycles. The Bertz CT molecular complexity index is 2290. The Morgan fingerprint density at radius 3 is 1.82 bits per heavy atom. The summed E-state index contributed by atoms with van der Waals surface area (Å²) in [5.74, 6) is 0.647. The molecule has 0 amide bonds. The second-order valence-electron chi connectivity index (χ2n) is 12.3. The summed E-state index contributed by atoms with van der Waals surface area (Å²) in [7, 11) is 0. The van der Waals surface area contributed by atoms with E-state index in [9.17, 15) is 5.11 Å². The predicted octanol–water partition coefficient (Wildman–Crippen LogP) is 8.14. The molecule has 0 aliphatic heterocycles. The first kappa shape index (κ1) is 31.9. The normalized spacial score (nSPS) is 11.6. The number of rotatable bonds is 11. The summed E-state index contributed by atoms with van der Waals surface area (Å²) in [6, 6.07) is 54.4. The molecule has 8 rings (SSSR count). The van der Waals surface area contributed by atoms with Crippen molar-refractivity contribution in [1.82, 2.24) is 29.8 Å². The van der Waals surface area contributed by atoms with Crippen LogP contribution >= 0.6 is 0 Å². The summed E-state index contributed by atoms with van der Waals surface area (Å²) in [6.07, 6.45) is 0. The molecule has 2 heterocycles. The first-order valence-electron chi connectivity index (χ1n) is 17.1. The van der Waals surface area contributed by atoms with Gasteiger partial charge in [0, 0.05) is 11.1 Å². The van der Waals surface area contributed by atoms with Gasteiger partial charge < -0.3 is 9.84 Å². The van der Waals surface area contributed by atoms with E-state index in [1.807, 2.05) is 64.7 Å². The second kappa shape index (κ2) is 13.9. The van der Waals surface area contributed by atoms with Crippen molar-refractivity contribution in [1.29, 1.82) is 0 Å². The molecule has 0 unspecified atom stereocenters. The monoisotopic (exact) mass is 668 g/mol. The topological polar surface area (TPSA) is 90.9 Å². The van der Waals surface area contributed by atoms with Crippen molar-refractivity contribution >= 4 is 11.0 Å². The number of hydrogen-bond donors (Lipinski definition) is 1. The maximum absolute atomic E-state index is 10.1. The number of nitrogens with zero attached hydrogens (tertiary/aromatic N) is 6. The molecule has 0 aliphatic rings. The van der Waals surface area contributed by atoms with Crippen LogP contribution in [0.5, 0.6) is 6.01 Å². The first-order valence-corrected chi connectivity index (χ1v) is 17.1. The molecular weight excluding hydrogens is 633 g/mol. The molecule has 0 radical (unpaired) electrons. The van der Waals surface area contributed by atoms with Crippen molar-refractivity contribution in [3.05, 3.63) is 186 Å². The van der Waals surface area contributed by atoms with Gasteiger partial charge in [0.05, 0.1) is 30.8 Å². The number of aliphatic hydroxyl groups is 1. The van der Waals surface area contributed by atoms with E-state index in [-0.39, 0.29) is 6.61 Å². The van der Waals surface area contributed by atoms with Crippen LogP contribution in [0, 0.1) is 0 Å². The number of imidazole rings is 1. The fourth-order valence-electron chi connectivity index (χ4n) is 7.14. The Morgan fingerprint density at radius 2 is 1.24 bits per heavy atom. The smallest absolute Gasteiger partial charge is 0.297 e. The lowest BCUT2D eigenvalue weighted by atomic mass is 9.77. The highest BCUT2D eigenvalue weighted by atomic mass is 16.5. The fraction of sp³-hybridized carbons (Fsp3) is 0.116. The minimum Gasteiger partial charge on any atom is -0.465 e.